The molecule has 0 heterocycles. The number of esters is 4. The lowest BCUT2D eigenvalue weighted by molar-refractivity contribution is -0.161. The number of hydrogen-bond acceptors (Lipinski definition) is 15. The summed E-state index contributed by atoms with van der Waals surface area (Å²) in [6, 6.07) is 0. The number of aliphatic hydroxyl groups excluding tert-OH is 1. The average molecular weight is 961 g/mol. The topological polar surface area (TPSA) is 237 Å². The van der Waals surface area contributed by atoms with Gasteiger partial charge in [-0.1, -0.05) is 162 Å². The summed E-state index contributed by atoms with van der Waals surface area (Å²) in [5, 5.41) is 10.3. The number of unbranched alkanes of at least 4 members (excludes halogenated alkanes) is 22. The fraction of sp³-hybridized carbons (Fsp3) is 0.911. The van der Waals surface area contributed by atoms with E-state index in [0.717, 1.165) is 96.8 Å². The first-order valence-electron chi connectivity index (χ1n) is 24.2. The number of phosphoric ester groups is 2. The molecule has 0 saturated carbocycles. The van der Waals surface area contributed by atoms with E-state index in [2.05, 4.69) is 20.8 Å². The van der Waals surface area contributed by atoms with Crippen molar-refractivity contribution in [1.29, 1.82) is 0 Å². The normalized spacial score (nSPS) is 14.8. The van der Waals surface area contributed by atoms with Gasteiger partial charge >= 0.3 is 39.5 Å². The molecule has 0 aliphatic rings. The van der Waals surface area contributed by atoms with Gasteiger partial charge in [0.15, 0.2) is 12.2 Å². The first-order chi connectivity index (χ1) is 30.6. The Balaban J connectivity index is 4.97. The lowest BCUT2D eigenvalue weighted by Crippen LogP contribution is -2.30. The fourth-order valence-corrected chi connectivity index (χ4v) is 7.99. The highest BCUT2D eigenvalue weighted by Crippen LogP contribution is 2.45. The van der Waals surface area contributed by atoms with Gasteiger partial charge < -0.3 is 33.8 Å². The van der Waals surface area contributed by atoms with Crippen LogP contribution in [0.1, 0.15) is 207 Å². The SMILES string of the molecule is CCCCCCCCCCCCCCC(=O)O[C@H](COC(=O)CCCCCCCCC)COP(=O)(O)OC[C@H](O)COP(=O)(O)OC[C@@H](COC(C)=O)OC(=O)CCCCCCCC. The van der Waals surface area contributed by atoms with E-state index < -0.39 is 97.5 Å². The summed E-state index contributed by atoms with van der Waals surface area (Å²) in [6.45, 7) is 3.59. The minimum atomic E-state index is -4.91. The predicted molar refractivity (Wildman–Crippen MR) is 243 cm³/mol. The molecule has 0 amide bonds. The minimum Gasteiger partial charge on any atom is -0.462 e. The first kappa shape index (κ1) is 62.1. The standard InChI is InChI=1S/C45H86O17P2/c1-5-8-11-14-17-18-19-20-21-23-26-29-32-45(50)62-42(36-56-43(48)30-27-25-22-15-12-9-6-2)38-60-64(53,54)58-34-40(47)33-57-63(51,52)59-37-41(35-55-39(4)46)61-44(49)31-28-24-16-13-10-7-3/h40-42,47H,5-38H2,1-4H3,(H,51,52)(H,53,54)/t40-,41-,42-/m1/s1. The Labute approximate surface area is 384 Å². The molecule has 5 atom stereocenters. The van der Waals surface area contributed by atoms with Crippen molar-refractivity contribution in [2.24, 2.45) is 0 Å². The van der Waals surface area contributed by atoms with Crippen molar-refractivity contribution in [1.82, 2.24) is 0 Å². The molecule has 19 heteroatoms. The van der Waals surface area contributed by atoms with E-state index in [1.54, 1.807) is 0 Å². The van der Waals surface area contributed by atoms with Crippen molar-refractivity contribution >= 4 is 39.5 Å². The highest BCUT2D eigenvalue weighted by atomic mass is 31.2. The largest absolute Gasteiger partial charge is 0.472 e. The van der Waals surface area contributed by atoms with E-state index in [1.807, 2.05) is 0 Å². The van der Waals surface area contributed by atoms with Gasteiger partial charge in [0.25, 0.3) is 0 Å². The van der Waals surface area contributed by atoms with Crippen molar-refractivity contribution in [3.05, 3.63) is 0 Å². The molecule has 0 radical (unpaired) electrons. The third kappa shape index (κ3) is 41.5. The van der Waals surface area contributed by atoms with Crippen LogP contribution in [0.5, 0.6) is 0 Å². The molecular weight excluding hydrogens is 874 g/mol. The van der Waals surface area contributed by atoms with E-state index >= 15 is 0 Å². The number of carbonyl (C=O) groups is 4. The molecule has 378 valence electrons. The second-order valence-corrected chi connectivity index (χ2v) is 19.4. The lowest BCUT2D eigenvalue weighted by Gasteiger charge is -2.21. The van der Waals surface area contributed by atoms with Gasteiger partial charge in [0.2, 0.25) is 0 Å². The Kier molecular flexibility index (Phi) is 40.0. The number of phosphoric acid groups is 2. The summed E-state index contributed by atoms with van der Waals surface area (Å²) in [5.41, 5.74) is 0. The zero-order chi connectivity index (χ0) is 47.7. The molecular formula is C45H86O17P2. The van der Waals surface area contributed by atoms with Gasteiger partial charge in [-0.15, -0.1) is 0 Å². The predicted octanol–water partition coefficient (Wildman–Crippen LogP) is 10.5. The molecule has 0 saturated heterocycles. The summed E-state index contributed by atoms with van der Waals surface area (Å²) < 4.78 is 65.8. The van der Waals surface area contributed by atoms with Gasteiger partial charge in [0, 0.05) is 26.2 Å². The van der Waals surface area contributed by atoms with Crippen molar-refractivity contribution < 1.29 is 80.2 Å². The van der Waals surface area contributed by atoms with E-state index in [1.165, 1.54) is 51.4 Å². The van der Waals surface area contributed by atoms with Crippen LogP contribution in [0, 0.1) is 0 Å². The van der Waals surface area contributed by atoms with Crippen LogP contribution in [0.3, 0.4) is 0 Å². The van der Waals surface area contributed by atoms with Crippen LogP contribution in [0.2, 0.25) is 0 Å². The second-order valence-electron chi connectivity index (χ2n) is 16.5. The third-order valence-electron chi connectivity index (χ3n) is 10.2. The molecule has 0 aromatic carbocycles. The number of carbonyl (C=O) groups excluding carboxylic acids is 4. The molecule has 0 aliphatic heterocycles. The van der Waals surface area contributed by atoms with Crippen LogP contribution in [0.15, 0.2) is 0 Å². The summed E-state index contributed by atoms with van der Waals surface area (Å²) in [6.07, 6.45) is 22.5. The van der Waals surface area contributed by atoms with E-state index in [-0.39, 0.29) is 19.3 Å². The van der Waals surface area contributed by atoms with Crippen LogP contribution >= 0.6 is 15.6 Å². The Hall–Kier alpha value is -1.94. The number of hydrogen-bond donors (Lipinski definition) is 3. The Bertz CT molecular complexity index is 1290. The zero-order valence-electron chi connectivity index (χ0n) is 39.7. The van der Waals surface area contributed by atoms with Crippen molar-refractivity contribution in [2.45, 2.75) is 226 Å². The molecule has 0 fully saturated rings. The fourth-order valence-electron chi connectivity index (χ4n) is 6.41. The molecule has 0 aromatic heterocycles. The maximum Gasteiger partial charge on any atom is 0.472 e. The third-order valence-corrected chi connectivity index (χ3v) is 12.1. The molecule has 64 heavy (non-hydrogen) atoms. The van der Waals surface area contributed by atoms with Crippen LogP contribution in [0.25, 0.3) is 0 Å². The van der Waals surface area contributed by atoms with Gasteiger partial charge in [-0.2, -0.15) is 0 Å². The van der Waals surface area contributed by atoms with E-state index in [0.29, 0.717) is 19.3 Å². The highest BCUT2D eigenvalue weighted by molar-refractivity contribution is 7.47. The van der Waals surface area contributed by atoms with Crippen LogP contribution in [0.4, 0.5) is 0 Å². The zero-order valence-corrected chi connectivity index (χ0v) is 41.5. The van der Waals surface area contributed by atoms with E-state index in [9.17, 15) is 43.2 Å². The summed E-state index contributed by atoms with van der Waals surface area (Å²) in [4.78, 5) is 69.3. The molecule has 0 rings (SSSR count). The smallest absolute Gasteiger partial charge is 0.462 e. The molecule has 0 bridgehead atoms. The monoisotopic (exact) mass is 961 g/mol. The highest BCUT2D eigenvalue weighted by Gasteiger charge is 2.30. The molecule has 0 aromatic rings. The average Bonchev–Trinajstić information content (AvgIpc) is 3.25. The Morgan fingerprint density at radius 2 is 0.688 bits per heavy atom. The summed E-state index contributed by atoms with van der Waals surface area (Å²) >= 11 is 0. The molecule has 0 spiro atoms. The summed E-state index contributed by atoms with van der Waals surface area (Å²) in [7, 11) is -9.80. The van der Waals surface area contributed by atoms with Crippen molar-refractivity contribution in [3.63, 3.8) is 0 Å². The Morgan fingerprint density at radius 1 is 0.406 bits per heavy atom. The molecule has 2 unspecified atom stereocenters. The number of ether oxygens (including phenoxy) is 4. The Morgan fingerprint density at radius 3 is 1.02 bits per heavy atom. The van der Waals surface area contributed by atoms with Crippen molar-refractivity contribution in [2.75, 3.05) is 39.6 Å². The van der Waals surface area contributed by atoms with Crippen LogP contribution in [-0.4, -0.2) is 96.7 Å². The van der Waals surface area contributed by atoms with E-state index in [4.69, 9.17) is 37.0 Å². The minimum absolute atomic E-state index is 0.0960. The maximum absolute atomic E-state index is 12.7. The second kappa shape index (κ2) is 41.3. The van der Waals surface area contributed by atoms with Gasteiger partial charge in [0.05, 0.1) is 26.4 Å². The van der Waals surface area contributed by atoms with Gasteiger partial charge in [-0.05, 0) is 19.3 Å². The molecule has 3 N–H and O–H groups in total. The quantitative estimate of drug-likeness (QED) is 0.0222. The number of rotatable bonds is 46. The number of aliphatic hydroxyl groups is 1. The summed E-state index contributed by atoms with van der Waals surface area (Å²) in [5.74, 6) is -2.36. The van der Waals surface area contributed by atoms with Gasteiger partial charge in [0.1, 0.15) is 19.3 Å². The van der Waals surface area contributed by atoms with Crippen LogP contribution in [-0.2, 0) is 65.4 Å². The first-order valence-corrected chi connectivity index (χ1v) is 27.2. The van der Waals surface area contributed by atoms with Gasteiger partial charge in [-0.25, -0.2) is 9.13 Å². The molecule has 0 aliphatic carbocycles. The van der Waals surface area contributed by atoms with Crippen molar-refractivity contribution in [3.8, 4) is 0 Å². The van der Waals surface area contributed by atoms with Crippen LogP contribution < -0.4 is 0 Å². The van der Waals surface area contributed by atoms with Gasteiger partial charge in [-0.3, -0.25) is 37.3 Å². The lowest BCUT2D eigenvalue weighted by atomic mass is 10.0. The maximum atomic E-state index is 12.7. The molecule has 17 nitrogen and oxygen atoms in total.